The number of carbonyl (C=O) groups excluding carboxylic acids is 1. The molecule has 2 aromatic rings. The number of hydrogen-bond acceptors (Lipinski definition) is 5. The van der Waals surface area contributed by atoms with Gasteiger partial charge in [0, 0.05) is 18.2 Å². The number of rotatable bonds is 9. The Labute approximate surface area is 159 Å². The Morgan fingerprint density at radius 2 is 1.70 bits per heavy atom. The Hall–Kier alpha value is -2.58. The van der Waals surface area contributed by atoms with Gasteiger partial charge in [-0.3, -0.25) is 4.79 Å². The molecule has 0 saturated heterocycles. The topological polar surface area (TPSA) is 93.7 Å². The highest BCUT2D eigenvalue weighted by molar-refractivity contribution is 7.89. The first-order valence-electron chi connectivity index (χ1n) is 8.41. The first kappa shape index (κ1) is 20.7. The molecule has 146 valence electrons. The van der Waals surface area contributed by atoms with E-state index in [-0.39, 0.29) is 24.2 Å². The number of nitrogens with one attached hydrogen (secondary N) is 2. The fourth-order valence-corrected chi connectivity index (χ4v) is 3.68. The van der Waals surface area contributed by atoms with Gasteiger partial charge in [-0.2, -0.15) is 0 Å². The molecule has 0 aliphatic rings. The Morgan fingerprint density at radius 3 is 2.33 bits per heavy atom. The molecule has 0 bridgehead atoms. The summed E-state index contributed by atoms with van der Waals surface area (Å²) < 4.78 is 37.3. The van der Waals surface area contributed by atoms with Crippen LogP contribution in [0.3, 0.4) is 0 Å². The third-order valence-electron chi connectivity index (χ3n) is 3.96. The maximum Gasteiger partial charge on any atom is 0.251 e. The smallest absolute Gasteiger partial charge is 0.251 e. The van der Waals surface area contributed by atoms with E-state index < -0.39 is 10.0 Å². The molecule has 2 aromatic carbocycles. The molecule has 0 fully saturated rings. The second-order valence-corrected chi connectivity index (χ2v) is 7.77. The van der Waals surface area contributed by atoms with Crippen molar-refractivity contribution < 1.29 is 22.7 Å². The summed E-state index contributed by atoms with van der Waals surface area (Å²) in [5, 5.41) is 2.60. The molecule has 0 radical (unpaired) electrons. The van der Waals surface area contributed by atoms with Crippen LogP contribution in [0.5, 0.6) is 11.5 Å². The molecule has 1 amide bonds. The van der Waals surface area contributed by atoms with Crippen LogP contribution in [0.25, 0.3) is 0 Å². The molecular formula is C19H24N2O5S. The third-order valence-corrected chi connectivity index (χ3v) is 5.41. The molecule has 1 atom stereocenters. The fraction of sp³-hybridized carbons (Fsp3) is 0.316. The number of methoxy groups -OCH3 is 2. The van der Waals surface area contributed by atoms with Crippen LogP contribution in [0.1, 0.15) is 28.9 Å². The van der Waals surface area contributed by atoms with Gasteiger partial charge in [0.1, 0.15) is 0 Å². The highest BCUT2D eigenvalue weighted by Gasteiger charge is 2.17. The molecule has 2 rings (SSSR count). The average Bonchev–Trinajstić information content (AvgIpc) is 2.67. The molecule has 0 unspecified atom stereocenters. The lowest BCUT2D eigenvalue weighted by molar-refractivity contribution is 0.0955. The quantitative estimate of drug-likeness (QED) is 0.682. The van der Waals surface area contributed by atoms with E-state index in [0.29, 0.717) is 17.1 Å². The van der Waals surface area contributed by atoms with Crippen molar-refractivity contribution in [3.8, 4) is 11.5 Å². The van der Waals surface area contributed by atoms with Gasteiger partial charge < -0.3 is 14.8 Å². The second-order valence-electron chi connectivity index (χ2n) is 5.89. The lowest BCUT2D eigenvalue weighted by atomic mass is 10.1. The molecule has 0 aliphatic carbocycles. The van der Waals surface area contributed by atoms with Gasteiger partial charge in [-0.1, -0.05) is 30.3 Å². The SMILES string of the molecule is COc1ccc(C(=O)NCCS(=O)(=O)N[C@H](C)c2ccccc2)cc1OC. The van der Waals surface area contributed by atoms with Gasteiger partial charge in [0.15, 0.2) is 11.5 Å². The summed E-state index contributed by atoms with van der Waals surface area (Å²) in [6.07, 6.45) is 0. The highest BCUT2D eigenvalue weighted by Crippen LogP contribution is 2.27. The second kappa shape index (κ2) is 9.38. The maximum absolute atomic E-state index is 12.2. The zero-order chi connectivity index (χ0) is 19.9. The minimum atomic E-state index is -3.54. The van der Waals surface area contributed by atoms with Gasteiger partial charge in [0.2, 0.25) is 10.0 Å². The zero-order valence-corrected chi connectivity index (χ0v) is 16.4. The van der Waals surface area contributed by atoms with Crippen molar-refractivity contribution in [3.05, 3.63) is 59.7 Å². The molecular weight excluding hydrogens is 368 g/mol. The van der Waals surface area contributed by atoms with Crippen LogP contribution < -0.4 is 19.5 Å². The van der Waals surface area contributed by atoms with E-state index in [2.05, 4.69) is 10.0 Å². The molecule has 7 nitrogen and oxygen atoms in total. The standard InChI is InChI=1S/C19H24N2O5S/c1-14(15-7-5-4-6-8-15)21-27(23,24)12-11-20-19(22)16-9-10-17(25-2)18(13-16)26-3/h4-10,13-14,21H,11-12H2,1-3H3,(H,20,22)/t14-/m1/s1. The lowest BCUT2D eigenvalue weighted by Crippen LogP contribution is -2.35. The number of carbonyl (C=O) groups is 1. The summed E-state index contributed by atoms with van der Waals surface area (Å²) in [4.78, 5) is 12.2. The van der Waals surface area contributed by atoms with E-state index in [9.17, 15) is 13.2 Å². The van der Waals surface area contributed by atoms with Gasteiger partial charge in [-0.15, -0.1) is 0 Å². The van der Waals surface area contributed by atoms with Crippen LogP contribution in [0.2, 0.25) is 0 Å². The Kier molecular flexibility index (Phi) is 7.20. The largest absolute Gasteiger partial charge is 0.493 e. The molecule has 0 saturated carbocycles. The fourth-order valence-electron chi connectivity index (χ4n) is 2.52. The minimum Gasteiger partial charge on any atom is -0.493 e. The number of sulfonamides is 1. The van der Waals surface area contributed by atoms with Crippen molar-refractivity contribution in [2.24, 2.45) is 0 Å². The Bertz CT molecular complexity index is 869. The molecule has 2 N–H and O–H groups in total. The summed E-state index contributed by atoms with van der Waals surface area (Å²) >= 11 is 0. The van der Waals surface area contributed by atoms with E-state index in [1.807, 2.05) is 30.3 Å². The van der Waals surface area contributed by atoms with E-state index in [0.717, 1.165) is 5.56 Å². The Morgan fingerprint density at radius 1 is 1.04 bits per heavy atom. The van der Waals surface area contributed by atoms with Crippen LogP contribution in [0.15, 0.2) is 48.5 Å². The van der Waals surface area contributed by atoms with Crippen molar-refractivity contribution in [2.45, 2.75) is 13.0 Å². The van der Waals surface area contributed by atoms with Crippen molar-refractivity contribution >= 4 is 15.9 Å². The summed E-state index contributed by atoms with van der Waals surface area (Å²) in [5.41, 5.74) is 1.23. The molecule has 8 heteroatoms. The lowest BCUT2D eigenvalue weighted by Gasteiger charge is -2.15. The molecule has 0 aliphatic heterocycles. The van der Waals surface area contributed by atoms with Crippen LogP contribution in [-0.4, -0.2) is 40.8 Å². The van der Waals surface area contributed by atoms with Gasteiger partial charge in [0.25, 0.3) is 5.91 Å². The van der Waals surface area contributed by atoms with Crippen LogP contribution in [0.4, 0.5) is 0 Å². The van der Waals surface area contributed by atoms with Gasteiger partial charge in [0.05, 0.1) is 20.0 Å². The summed E-state index contributed by atoms with van der Waals surface area (Å²) in [7, 11) is -0.556. The van der Waals surface area contributed by atoms with Crippen molar-refractivity contribution in [1.82, 2.24) is 10.0 Å². The van der Waals surface area contributed by atoms with Gasteiger partial charge in [-0.25, -0.2) is 13.1 Å². The third kappa shape index (κ3) is 5.97. The van der Waals surface area contributed by atoms with Crippen LogP contribution in [0, 0.1) is 0 Å². The summed E-state index contributed by atoms with van der Waals surface area (Å²) in [6.45, 7) is 1.76. The van der Waals surface area contributed by atoms with E-state index in [1.165, 1.54) is 14.2 Å². The number of benzene rings is 2. The maximum atomic E-state index is 12.2. The highest BCUT2D eigenvalue weighted by atomic mass is 32.2. The monoisotopic (exact) mass is 392 g/mol. The Balaban J connectivity index is 1.90. The van der Waals surface area contributed by atoms with E-state index >= 15 is 0 Å². The summed E-state index contributed by atoms with van der Waals surface area (Å²) in [6, 6.07) is 13.7. The molecule has 27 heavy (non-hydrogen) atoms. The zero-order valence-electron chi connectivity index (χ0n) is 15.6. The minimum absolute atomic E-state index is 0.00990. The predicted octanol–water partition coefficient (Wildman–Crippen LogP) is 2.11. The number of hydrogen-bond donors (Lipinski definition) is 2. The van der Waals surface area contributed by atoms with Gasteiger partial charge >= 0.3 is 0 Å². The first-order valence-corrected chi connectivity index (χ1v) is 10.1. The molecule has 0 aromatic heterocycles. The number of ether oxygens (including phenoxy) is 2. The first-order chi connectivity index (χ1) is 12.9. The van der Waals surface area contributed by atoms with E-state index in [1.54, 1.807) is 25.1 Å². The normalized spacial score (nSPS) is 12.3. The van der Waals surface area contributed by atoms with Crippen molar-refractivity contribution in [1.29, 1.82) is 0 Å². The van der Waals surface area contributed by atoms with Crippen molar-refractivity contribution in [3.63, 3.8) is 0 Å². The molecule has 0 heterocycles. The number of amides is 1. The predicted molar refractivity (Wildman–Crippen MR) is 104 cm³/mol. The van der Waals surface area contributed by atoms with Crippen molar-refractivity contribution in [2.75, 3.05) is 26.5 Å². The van der Waals surface area contributed by atoms with E-state index in [4.69, 9.17) is 9.47 Å². The summed E-state index contributed by atoms with van der Waals surface area (Å²) in [5.74, 6) is 0.331. The molecule has 0 spiro atoms. The van der Waals surface area contributed by atoms with Crippen LogP contribution in [-0.2, 0) is 10.0 Å². The van der Waals surface area contributed by atoms with Gasteiger partial charge in [-0.05, 0) is 30.7 Å². The average molecular weight is 392 g/mol. The van der Waals surface area contributed by atoms with Crippen LogP contribution >= 0.6 is 0 Å².